The zero-order valence-corrected chi connectivity index (χ0v) is 7.27. The van der Waals surface area contributed by atoms with Crippen LogP contribution in [0.4, 0.5) is 0 Å². The molecule has 0 atom stereocenters. The number of rotatable bonds is 1. The van der Waals surface area contributed by atoms with Gasteiger partial charge in [0.2, 0.25) is 11.0 Å². The van der Waals surface area contributed by atoms with Gasteiger partial charge in [0.25, 0.3) is 0 Å². The number of fused-ring (bicyclic) bond motifs is 1. The van der Waals surface area contributed by atoms with Crippen molar-refractivity contribution in [2.75, 3.05) is 0 Å². The third kappa shape index (κ3) is 1.03. The number of benzene rings is 1. The molecule has 0 N–H and O–H groups in total. The van der Waals surface area contributed by atoms with Gasteiger partial charge in [-0.15, -0.1) is 0 Å². The molecule has 1 aromatic carbocycles. The summed E-state index contributed by atoms with van der Waals surface area (Å²) in [5, 5.41) is 0. The largest absolute Gasteiger partial charge is 0.225 e. The summed E-state index contributed by atoms with van der Waals surface area (Å²) < 4.78 is 3.63. The minimum atomic E-state index is 1.06. The van der Waals surface area contributed by atoms with Gasteiger partial charge in [-0.25, -0.2) is 0 Å². The van der Waals surface area contributed by atoms with Crippen molar-refractivity contribution in [3.63, 3.8) is 0 Å². The fourth-order valence-electron chi connectivity index (χ4n) is 1.22. The summed E-state index contributed by atoms with van der Waals surface area (Å²) in [5.41, 5.74) is 3.52. The Labute approximate surface area is 69.9 Å². The first-order chi connectivity index (χ1) is 5.42. The Hall–Kier alpha value is -0.890. The van der Waals surface area contributed by atoms with Crippen molar-refractivity contribution in [2.24, 2.45) is 0 Å². The van der Waals surface area contributed by atoms with E-state index < -0.39 is 0 Å². The van der Waals surface area contributed by atoms with Crippen LogP contribution < -0.4 is 4.57 Å². The molecule has 0 radical (unpaired) electrons. The first kappa shape index (κ1) is 6.80. The van der Waals surface area contributed by atoms with Crippen molar-refractivity contribution in [3.8, 4) is 0 Å². The van der Waals surface area contributed by atoms with Gasteiger partial charge in [0.05, 0.1) is 0 Å². The highest BCUT2D eigenvalue weighted by Crippen LogP contribution is 2.14. The second kappa shape index (κ2) is 2.62. The molecule has 0 aliphatic carbocycles. The van der Waals surface area contributed by atoms with E-state index in [0.717, 1.165) is 6.54 Å². The van der Waals surface area contributed by atoms with Crippen LogP contribution in [0, 0.1) is 0 Å². The number of para-hydroxylation sites is 1. The molecule has 0 saturated heterocycles. The van der Waals surface area contributed by atoms with E-state index in [1.807, 2.05) is 0 Å². The lowest BCUT2D eigenvalue weighted by Crippen LogP contribution is -2.29. The van der Waals surface area contributed by atoms with E-state index >= 15 is 0 Å². The topological polar surface area (TPSA) is 3.88 Å². The van der Waals surface area contributed by atoms with Gasteiger partial charge in [0, 0.05) is 6.07 Å². The summed E-state index contributed by atoms with van der Waals surface area (Å²) in [6.07, 6.45) is 0. The van der Waals surface area contributed by atoms with E-state index in [9.17, 15) is 0 Å². The minimum Gasteiger partial charge on any atom is -0.189 e. The predicted molar refractivity (Wildman–Crippen MR) is 47.7 cm³/mol. The average molecular weight is 164 g/mol. The quantitative estimate of drug-likeness (QED) is 0.569. The number of aromatic nitrogens is 1. The van der Waals surface area contributed by atoms with E-state index in [1.54, 1.807) is 11.3 Å². The molecule has 0 bridgehead atoms. The molecule has 0 spiro atoms. The van der Waals surface area contributed by atoms with Crippen LogP contribution in [0.15, 0.2) is 29.8 Å². The number of thiazole rings is 1. The van der Waals surface area contributed by atoms with Crippen LogP contribution in [0.25, 0.3) is 10.2 Å². The molecule has 0 aliphatic heterocycles. The molecule has 1 nitrogen and oxygen atoms in total. The van der Waals surface area contributed by atoms with Crippen LogP contribution in [-0.4, -0.2) is 0 Å². The Balaban J connectivity index is 2.76. The number of hydrogen-bond donors (Lipinski definition) is 0. The smallest absolute Gasteiger partial charge is 0.189 e. The van der Waals surface area contributed by atoms with Crippen LogP contribution in [0.5, 0.6) is 0 Å². The summed E-state index contributed by atoms with van der Waals surface area (Å²) in [6.45, 7) is 3.23. The van der Waals surface area contributed by atoms with Gasteiger partial charge in [-0.3, -0.25) is 0 Å². The summed E-state index contributed by atoms with van der Waals surface area (Å²) in [5.74, 6) is 0. The summed E-state index contributed by atoms with van der Waals surface area (Å²) in [4.78, 5) is 0. The fourth-order valence-corrected chi connectivity index (χ4v) is 2.18. The van der Waals surface area contributed by atoms with Crippen LogP contribution in [0.1, 0.15) is 6.92 Å². The lowest BCUT2D eigenvalue weighted by molar-refractivity contribution is -0.663. The molecule has 56 valence electrons. The molecule has 11 heavy (non-hydrogen) atoms. The van der Waals surface area contributed by atoms with Crippen molar-refractivity contribution in [1.29, 1.82) is 0 Å². The molecule has 1 heterocycles. The summed E-state index contributed by atoms with van der Waals surface area (Å²) in [7, 11) is 0. The van der Waals surface area contributed by atoms with Crippen LogP contribution >= 0.6 is 11.3 Å². The van der Waals surface area contributed by atoms with Gasteiger partial charge in [0.15, 0.2) is 0 Å². The second-order valence-corrected chi connectivity index (χ2v) is 3.36. The van der Waals surface area contributed by atoms with Crippen LogP contribution in [0.3, 0.4) is 0 Å². The van der Waals surface area contributed by atoms with Crippen molar-refractivity contribution < 1.29 is 4.57 Å². The van der Waals surface area contributed by atoms with E-state index in [4.69, 9.17) is 0 Å². The molecule has 2 heteroatoms. The van der Waals surface area contributed by atoms with Crippen molar-refractivity contribution in [3.05, 3.63) is 29.8 Å². The Morgan fingerprint density at radius 2 is 2.18 bits per heavy atom. The normalized spacial score (nSPS) is 10.6. The summed E-state index contributed by atoms with van der Waals surface area (Å²) >= 11 is 1.80. The lowest BCUT2D eigenvalue weighted by Gasteiger charge is -1.85. The van der Waals surface area contributed by atoms with Crippen molar-refractivity contribution >= 4 is 21.6 Å². The first-order valence-corrected chi connectivity index (χ1v) is 4.65. The second-order valence-electron chi connectivity index (χ2n) is 2.48. The molecule has 0 amide bonds. The molecule has 0 saturated carbocycles. The van der Waals surface area contributed by atoms with E-state index in [0.29, 0.717) is 0 Å². The van der Waals surface area contributed by atoms with E-state index in [1.165, 1.54) is 10.2 Å². The Bertz CT molecular complexity index is 364. The third-order valence-corrected chi connectivity index (χ3v) is 2.78. The molecular formula is C9H10NS+. The van der Waals surface area contributed by atoms with Gasteiger partial charge >= 0.3 is 0 Å². The average Bonchev–Trinajstić information content (AvgIpc) is 2.47. The lowest BCUT2D eigenvalue weighted by atomic mass is 10.3. The number of nitrogens with zero attached hydrogens (tertiary/aromatic N) is 1. The standard InChI is InChI=1S/C9H10NS/c1-2-10-7-11-9-6-4-3-5-8(9)10/h3-7H,2H2,1H3/q+1. The molecule has 0 unspecified atom stereocenters. The zero-order chi connectivity index (χ0) is 7.68. The van der Waals surface area contributed by atoms with Gasteiger partial charge in [-0.1, -0.05) is 23.5 Å². The van der Waals surface area contributed by atoms with E-state index in [-0.39, 0.29) is 0 Å². The van der Waals surface area contributed by atoms with Gasteiger partial charge in [-0.05, 0) is 13.0 Å². The molecule has 1 aromatic heterocycles. The Kier molecular flexibility index (Phi) is 1.62. The first-order valence-electron chi connectivity index (χ1n) is 3.77. The predicted octanol–water partition coefficient (Wildman–Crippen LogP) is 2.21. The molecular weight excluding hydrogens is 154 g/mol. The van der Waals surface area contributed by atoms with Crippen LogP contribution in [-0.2, 0) is 6.54 Å². The maximum atomic E-state index is 2.26. The monoisotopic (exact) mass is 164 g/mol. The van der Waals surface area contributed by atoms with E-state index in [2.05, 4.69) is 41.3 Å². The minimum absolute atomic E-state index is 1.06. The SMILES string of the molecule is CC[n+]1csc2ccccc21. The highest BCUT2D eigenvalue weighted by Gasteiger charge is 2.06. The number of hydrogen-bond acceptors (Lipinski definition) is 1. The van der Waals surface area contributed by atoms with Gasteiger partial charge in [0.1, 0.15) is 11.2 Å². The van der Waals surface area contributed by atoms with Crippen LogP contribution in [0.2, 0.25) is 0 Å². The van der Waals surface area contributed by atoms with Crippen molar-refractivity contribution in [1.82, 2.24) is 0 Å². The van der Waals surface area contributed by atoms with Gasteiger partial charge in [-0.2, -0.15) is 4.57 Å². The van der Waals surface area contributed by atoms with Crippen molar-refractivity contribution in [2.45, 2.75) is 13.5 Å². The molecule has 0 aliphatic rings. The highest BCUT2D eigenvalue weighted by molar-refractivity contribution is 7.16. The summed E-state index contributed by atoms with van der Waals surface area (Å²) in [6, 6.07) is 8.49. The molecule has 2 rings (SSSR count). The maximum Gasteiger partial charge on any atom is 0.225 e. The Morgan fingerprint density at radius 3 is 3.00 bits per heavy atom. The fraction of sp³-hybridized carbons (Fsp3) is 0.222. The van der Waals surface area contributed by atoms with Gasteiger partial charge < -0.3 is 0 Å². The number of aryl methyl sites for hydroxylation is 1. The zero-order valence-electron chi connectivity index (χ0n) is 6.45. The molecule has 0 fully saturated rings. The maximum absolute atomic E-state index is 2.26. The molecule has 2 aromatic rings. The highest BCUT2D eigenvalue weighted by atomic mass is 32.1. The third-order valence-electron chi connectivity index (χ3n) is 1.82. The Morgan fingerprint density at radius 1 is 1.36 bits per heavy atom.